The third kappa shape index (κ3) is 6.11. The van der Waals surface area contributed by atoms with Gasteiger partial charge in [0.2, 0.25) is 0 Å². The molecular weight excluding hydrogens is 658 g/mol. The first-order valence-electron chi connectivity index (χ1n) is 14.8. The lowest BCUT2D eigenvalue weighted by molar-refractivity contribution is -0.150. The number of nitrogens with zero attached hydrogens (tertiary/aromatic N) is 3. The van der Waals surface area contributed by atoms with E-state index in [1.165, 1.54) is 28.0 Å². The molecule has 1 aromatic heterocycles. The van der Waals surface area contributed by atoms with Gasteiger partial charge in [0.15, 0.2) is 10.8 Å². The quantitative estimate of drug-likeness (QED) is 0.0604. The maximum Gasteiger partial charge on any atom is 0.352 e. The number of aliphatic carboxylic acids is 1. The highest BCUT2D eigenvalue weighted by atomic mass is 35.5. The summed E-state index contributed by atoms with van der Waals surface area (Å²) >= 11 is 8.59. The summed E-state index contributed by atoms with van der Waals surface area (Å²) in [5.74, 6) is -2.11. The number of β-lactam (4-membered cyclic amide) rings is 1. The number of thioether (sulfide) groups is 1. The lowest BCUT2D eigenvalue weighted by Gasteiger charge is -2.49. The smallest absolute Gasteiger partial charge is 0.352 e. The molecule has 2 aliphatic rings. The average Bonchev–Trinajstić information content (AvgIpc) is 3.57. The van der Waals surface area contributed by atoms with Gasteiger partial charge in [-0.2, -0.15) is 0 Å². The van der Waals surface area contributed by atoms with Crippen LogP contribution in [0.1, 0.15) is 29.3 Å². The highest BCUT2D eigenvalue weighted by Crippen LogP contribution is 2.42. The second-order valence-electron chi connectivity index (χ2n) is 10.6. The van der Waals surface area contributed by atoms with Crippen LogP contribution in [0.25, 0.3) is 0 Å². The second kappa shape index (κ2) is 14.0. The molecule has 0 bridgehead atoms. The first kappa shape index (κ1) is 32.3. The number of benzene rings is 3. The summed E-state index contributed by atoms with van der Waals surface area (Å²) in [6, 6.07) is 29.2. The number of hydrogen-bond donors (Lipinski definition) is 3. The Morgan fingerprint density at radius 2 is 1.60 bits per heavy atom. The molecule has 2 aliphatic heterocycles. The Kier molecular flexibility index (Phi) is 9.62. The number of fused-ring (bicyclic) bond motifs is 1. The number of carbonyl (C=O) groups excluding carboxylic acids is 2. The number of aromatic nitrogens is 1. The van der Waals surface area contributed by atoms with Crippen molar-refractivity contribution in [3.63, 3.8) is 0 Å². The molecule has 0 spiro atoms. The molecule has 0 aliphatic carbocycles. The normalized spacial score (nSPS) is 17.9. The molecule has 1 saturated heterocycles. The Morgan fingerprint density at radius 3 is 2.11 bits per heavy atom. The molecule has 2 amide bonds. The maximum atomic E-state index is 13.7. The van der Waals surface area contributed by atoms with E-state index in [0.717, 1.165) is 16.7 Å². The molecule has 6 rings (SSSR count). The minimum atomic E-state index is -1.23. The van der Waals surface area contributed by atoms with Gasteiger partial charge in [-0.1, -0.05) is 96.2 Å². The van der Waals surface area contributed by atoms with Crippen molar-refractivity contribution in [1.82, 2.24) is 15.2 Å². The molecule has 240 valence electrons. The Balaban J connectivity index is 1.31. The van der Waals surface area contributed by atoms with Crippen LogP contribution < -0.4 is 10.6 Å². The van der Waals surface area contributed by atoms with Gasteiger partial charge in [0.05, 0.1) is 0 Å². The third-order valence-electron chi connectivity index (χ3n) is 7.86. The first-order valence-corrected chi connectivity index (χ1v) is 17.2. The summed E-state index contributed by atoms with van der Waals surface area (Å²) in [4.78, 5) is 50.0. The Morgan fingerprint density at radius 1 is 1.02 bits per heavy atom. The Hall–Kier alpha value is -4.65. The van der Waals surface area contributed by atoms with E-state index in [1.54, 1.807) is 12.3 Å². The number of alkyl halides is 1. The SMILES string of the molecule is CCON=C(C(=O)N[C@@H]1C(=O)N2C(C(=O)O)=C(CCl)CS[C@H]12)c1csc(NC(c2ccccc2)(c2ccccc2)c2ccccc2)n1. The fourth-order valence-electron chi connectivity index (χ4n) is 5.71. The molecule has 10 nitrogen and oxygen atoms in total. The van der Waals surface area contributed by atoms with Crippen LogP contribution in [0.3, 0.4) is 0 Å². The van der Waals surface area contributed by atoms with Gasteiger partial charge in [-0.05, 0) is 29.2 Å². The molecule has 4 aromatic rings. The van der Waals surface area contributed by atoms with Crippen molar-refractivity contribution in [2.24, 2.45) is 5.16 Å². The predicted molar refractivity (Wildman–Crippen MR) is 184 cm³/mol. The highest BCUT2D eigenvalue weighted by molar-refractivity contribution is 8.00. The minimum absolute atomic E-state index is 0.00633. The number of amides is 2. The van der Waals surface area contributed by atoms with Gasteiger partial charge < -0.3 is 20.6 Å². The highest BCUT2D eigenvalue weighted by Gasteiger charge is 2.54. The largest absolute Gasteiger partial charge is 0.477 e. The molecule has 3 N–H and O–H groups in total. The van der Waals surface area contributed by atoms with Crippen molar-refractivity contribution in [2.75, 3.05) is 23.6 Å². The van der Waals surface area contributed by atoms with Crippen LogP contribution in [0.2, 0.25) is 0 Å². The van der Waals surface area contributed by atoms with Gasteiger partial charge in [0.25, 0.3) is 11.8 Å². The summed E-state index contributed by atoms with van der Waals surface area (Å²) in [6.45, 7) is 1.94. The van der Waals surface area contributed by atoms with Crippen LogP contribution in [0.15, 0.2) is 113 Å². The first-order chi connectivity index (χ1) is 22.9. The molecular formula is C34H30ClN5O5S2. The molecule has 1 fully saturated rings. The fourth-order valence-corrected chi connectivity index (χ4v) is 8.14. The van der Waals surface area contributed by atoms with Gasteiger partial charge >= 0.3 is 5.97 Å². The summed E-state index contributed by atoms with van der Waals surface area (Å²) in [5, 5.41) is 21.9. The molecule has 13 heteroatoms. The van der Waals surface area contributed by atoms with Gasteiger partial charge in [0.1, 0.15) is 35.0 Å². The van der Waals surface area contributed by atoms with Crippen LogP contribution in [0.4, 0.5) is 5.13 Å². The molecule has 0 radical (unpaired) electrons. The fraction of sp³-hybridized carbons (Fsp3) is 0.206. The van der Waals surface area contributed by atoms with E-state index >= 15 is 0 Å². The zero-order valence-electron chi connectivity index (χ0n) is 25.1. The number of thiazole rings is 1. The van der Waals surface area contributed by atoms with E-state index in [0.29, 0.717) is 16.5 Å². The summed E-state index contributed by atoms with van der Waals surface area (Å²) in [7, 11) is 0. The number of oxime groups is 1. The number of nitrogens with one attached hydrogen (secondary N) is 2. The topological polar surface area (TPSA) is 133 Å². The number of carbonyl (C=O) groups is 3. The van der Waals surface area contributed by atoms with Crippen molar-refractivity contribution < 1.29 is 24.3 Å². The van der Waals surface area contributed by atoms with E-state index < -0.39 is 34.7 Å². The maximum absolute atomic E-state index is 13.7. The van der Waals surface area contributed by atoms with Crippen LogP contribution >= 0.6 is 34.7 Å². The summed E-state index contributed by atoms with van der Waals surface area (Å²) < 4.78 is 0. The molecule has 2 atom stereocenters. The summed E-state index contributed by atoms with van der Waals surface area (Å²) in [5.41, 5.74) is 2.59. The van der Waals surface area contributed by atoms with Gasteiger partial charge in [-0.15, -0.1) is 34.7 Å². The van der Waals surface area contributed by atoms with Crippen LogP contribution in [-0.4, -0.2) is 68.1 Å². The van der Waals surface area contributed by atoms with Crippen LogP contribution in [-0.2, 0) is 24.8 Å². The molecule has 0 saturated carbocycles. The zero-order chi connectivity index (χ0) is 33.0. The number of rotatable bonds is 12. The molecule has 0 unspecified atom stereocenters. The standard InChI is InChI=1S/C34H30ClN5O5S2/c1-2-45-39-26(29(41)37-27-30(42)40-28(32(43)44)21(18-35)19-46-31(27)40)25-20-47-33(36-25)38-34(22-12-6-3-7-13-22,23-14-8-4-9-15-23)24-16-10-5-11-17-24/h3-17,20,27,31H,2,18-19H2,1H3,(H,36,38)(H,37,41)(H,43,44)/t27-,31-/m1/s1. The number of anilines is 1. The van der Waals surface area contributed by atoms with Crippen molar-refractivity contribution in [3.8, 4) is 0 Å². The third-order valence-corrected chi connectivity index (χ3v) is 10.3. The Bertz CT molecular complexity index is 1740. The van der Waals surface area contributed by atoms with Crippen molar-refractivity contribution in [1.29, 1.82) is 0 Å². The van der Waals surface area contributed by atoms with Crippen molar-refractivity contribution in [3.05, 3.63) is 130 Å². The predicted octanol–water partition coefficient (Wildman–Crippen LogP) is 5.27. The number of carboxylic acid groups (broad SMARTS) is 1. The van der Waals surface area contributed by atoms with E-state index in [-0.39, 0.29) is 29.6 Å². The van der Waals surface area contributed by atoms with Gasteiger partial charge in [-0.25, -0.2) is 9.78 Å². The average molecular weight is 688 g/mol. The van der Waals surface area contributed by atoms with E-state index in [9.17, 15) is 19.5 Å². The van der Waals surface area contributed by atoms with E-state index in [4.69, 9.17) is 21.4 Å². The second-order valence-corrected chi connectivity index (χ2v) is 12.9. The monoisotopic (exact) mass is 687 g/mol. The molecule has 47 heavy (non-hydrogen) atoms. The minimum Gasteiger partial charge on any atom is -0.477 e. The molecule has 3 aromatic carbocycles. The zero-order valence-corrected chi connectivity index (χ0v) is 27.5. The van der Waals surface area contributed by atoms with Crippen LogP contribution in [0.5, 0.6) is 0 Å². The number of carboxylic acids is 1. The van der Waals surface area contributed by atoms with E-state index in [1.807, 2.05) is 54.6 Å². The van der Waals surface area contributed by atoms with Gasteiger partial charge in [0, 0.05) is 17.0 Å². The molecule has 3 heterocycles. The summed E-state index contributed by atoms with van der Waals surface area (Å²) in [6.07, 6.45) is 0. The van der Waals surface area contributed by atoms with Crippen molar-refractivity contribution in [2.45, 2.75) is 23.9 Å². The Labute approximate surface area is 284 Å². The van der Waals surface area contributed by atoms with Crippen LogP contribution in [0, 0.1) is 0 Å². The lowest BCUT2D eigenvalue weighted by atomic mass is 9.77. The van der Waals surface area contributed by atoms with Gasteiger partial charge in [-0.3, -0.25) is 14.5 Å². The van der Waals surface area contributed by atoms with Crippen molar-refractivity contribution >= 4 is 63.3 Å². The number of hydrogen-bond acceptors (Lipinski definition) is 9. The lowest BCUT2D eigenvalue weighted by Crippen LogP contribution is -2.71. The number of halogens is 1. The van der Waals surface area contributed by atoms with E-state index in [2.05, 4.69) is 52.2 Å².